The van der Waals surface area contributed by atoms with Crippen LogP contribution in [0.4, 0.5) is 5.69 Å². The number of Topliss-reactive ketones (excluding diaryl/α,β-unsaturated/α-hetero) is 1. The highest BCUT2D eigenvalue weighted by Gasteiger charge is 2.07. The standard InChI is InChI=1S/C26H28N2O2/c1-6-28(5)17-27-25-15-19(3)26(16-18(25)2)30-24-13-11-23(12-14-24)22-9-7-21(8-10-22)20(4)29/h7-17H,6H2,1-5H3. The van der Waals surface area contributed by atoms with Crippen molar-refractivity contribution in [2.45, 2.75) is 27.7 Å². The minimum absolute atomic E-state index is 0.0741. The van der Waals surface area contributed by atoms with Crippen molar-refractivity contribution in [3.05, 3.63) is 77.4 Å². The maximum atomic E-state index is 11.4. The summed E-state index contributed by atoms with van der Waals surface area (Å²) in [6, 6.07) is 19.7. The third-order valence-electron chi connectivity index (χ3n) is 5.09. The Morgan fingerprint density at radius 2 is 1.57 bits per heavy atom. The molecule has 0 aliphatic rings. The first kappa shape index (κ1) is 21.3. The average molecular weight is 401 g/mol. The molecule has 4 heteroatoms. The van der Waals surface area contributed by atoms with E-state index in [1.165, 1.54) is 0 Å². The molecule has 0 radical (unpaired) electrons. The molecule has 30 heavy (non-hydrogen) atoms. The molecule has 0 fully saturated rings. The Bertz CT molecular complexity index is 1050. The first-order valence-corrected chi connectivity index (χ1v) is 10.1. The van der Waals surface area contributed by atoms with Gasteiger partial charge in [0, 0.05) is 19.2 Å². The van der Waals surface area contributed by atoms with E-state index in [0.717, 1.165) is 51.5 Å². The Labute approximate surface area is 178 Å². The average Bonchev–Trinajstić information content (AvgIpc) is 2.75. The zero-order valence-corrected chi connectivity index (χ0v) is 18.3. The van der Waals surface area contributed by atoms with Gasteiger partial charge in [0.15, 0.2) is 5.78 Å². The van der Waals surface area contributed by atoms with Crippen LogP contribution in [-0.4, -0.2) is 30.6 Å². The first-order chi connectivity index (χ1) is 14.4. The van der Waals surface area contributed by atoms with Crippen LogP contribution in [0.2, 0.25) is 0 Å². The van der Waals surface area contributed by atoms with E-state index in [-0.39, 0.29) is 5.78 Å². The molecule has 0 saturated heterocycles. The third kappa shape index (κ3) is 5.15. The van der Waals surface area contributed by atoms with Crippen molar-refractivity contribution in [2.75, 3.05) is 13.6 Å². The van der Waals surface area contributed by atoms with Crippen LogP contribution in [0.3, 0.4) is 0 Å². The molecule has 0 aromatic heterocycles. The van der Waals surface area contributed by atoms with Crippen molar-refractivity contribution < 1.29 is 9.53 Å². The van der Waals surface area contributed by atoms with Gasteiger partial charge in [-0.1, -0.05) is 36.4 Å². The summed E-state index contributed by atoms with van der Waals surface area (Å²) in [6.07, 6.45) is 1.85. The van der Waals surface area contributed by atoms with Gasteiger partial charge in [-0.2, -0.15) is 0 Å². The van der Waals surface area contributed by atoms with Gasteiger partial charge >= 0.3 is 0 Å². The number of hydrogen-bond donors (Lipinski definition) is 0. The minimum atomic E-state index is 0.0741. The van der Waals surface area contributed by atoms with Crippen molar-refractivity contribution in [2.24, 2.45) is 4.99 Å². The molecule has 0 aliphatic carbocycles. The monoisotopic (exact) mass is 400 g/mol. The van der Waals surface area contributed by atoms with Crippen molar-refractivity contribution in [3.63, 3.8) is 0 Å². The zero-order valence-electron chi connectivity index (χ0n) is 18.3. The fourth-order valence-corrected chi connectivity index (χ4v) is 3.01. The van der Waals surface area contributed by atoms with E-state index < -0.39 is 0 Å². The number of ketones is 1. The quantitative estimate of drug-likeness (QED) is 0.256. The Balaban J connectivity index is 1.76. The van der Waals surface area contributed by atoms with Crippen molar-refractivity contribution in [1.82, 2.24) is 4.90 Å². The smallest absolute Gasteiger partial charge is 0.159 e. The maximum absolute atomic E-state index is 11.4. The number of aliphatic imine (C=N–C) groups is 1. The highest BCUT2D eigenvalue weighted by molar-refractivity contribution is 5.94. The van der Waals surface area contributed by atoms with Gasteiger partial charge in [-0.05, 0) is 74.2 Å². The number of ether oxygens (including phenoxy) is 1. The van der Waals surface area contributed by atoms with E-state index in [2.05, 4.69) is 18.0 Å². The van der Waals surface area contributed by atoms with E-state index in [1.54, 1.807) is 6.92 Å². The van der Waals surface area contributed by atoms with Crippen LogP contribution in [0.15, 0.2) is 65.7 Å². The van der Waals surface area contributed by atoms with Crippen LogP contribution in [-0.2, 0) is 0 Å². The van der Waals surface area contributed by atoms with Crippen molar-refractivity contribution >= 4 is 17.8 Å². The van der Waals surface area contributed by atoms with Crippen LogP contribution in [0.5, 0.6) is 11.5 Å². The van der Waals surface area contributed by atoms with Gasteiger partial charge in [-0.15, -0.1) is 0 Å². The molecule has 154 valence electrons. The summed E-state index contributed by atoms with van der Waals surface area (Å²) in [5.74, 6) is 1.68. The molecule has 0 amide bonds. The molecule has 0 spiro atoms. The number of rotatable bonds is 7. The van der Waals surface area contributed by atoms with E-state index in [4.69, 9.17) is 4.74 Å². The normalized spacial score (nSPS) is 11.0. The Morgan fingerprint density at radius 3 is 2.13 bits per heavy atom. The lowest BCUT2D eigenvalue weighted by Gasteiger charge is -2.13. The van der Waals surface area contributed by atoms with Crippen LogP contribution in [0.1, 0.15) is 35.3 Å². The van der Waals surface area contributed by atoms with Crippen molar-refractivity contribution in [3.8, 4) is 22.6 Å². The SMILES string of the molecule is CCN(C)C=Nc1cc(C)c(Oc2ccc(-c3ccc(C(C)=O)cc3)cc2)cc1C. The van der Waals surface area contributed by atoms with Gasteiger partial charge in [0.1, 0.15) is 11.5 Å². The summed E-state index contributed by atoms with van der Waals surface area (Å²) in [6.45, 7) is 8.65. The van der Waals surface area contributed by atoms with Crippen LogP contribution < -0.4 is 4.74 Å². The number of benzene rings is 3. The molecule has 3 aromatic rings. The summed E-state index contributed by atoms with van der Waals surface area (Å²) >= 11 is 0. The molecular formula is C26H28N2O2. The molecule has 0 bridgehead atoms. The molecule has 0 heterocycles. The fraction of sp³-hybridized carbons (Fsp3) is 0.231. The third-order valence-corrected chi connectivity index (χ3v) is 5.09. The first-order valence-electron chi connectivity index (χ1n) is 10.1. The van der Waals surface area contributed by atoms with Crippen molar-refractivity contribution in [1.29, 1.82) is 0 Å². The predicted molar refractivity (Wildman–Crippen MR) is 124 cm³/mol. The summed E-state index contributed by atoms with van der Waals surface area (Å²) in [7, 11) is 2.00. The van der Waals surface area contributed by atoms with Gasteiger partial charge < -0.3 is 9.64 Å². The van der Waals surface area contributed by atoms with Crippen LogP contribution in [0, 0.1) is 13.8 Å². The Kier molecular flexibility index (Phi) is 6.68. The summed E-state index contributed by atoms with van der Waals surface area (Å²) in [4.78, 5) is 18.0. The lowest BCUT2D eigenvalue weighted by atomic mass is 10.0. The molecule has 0 atom stereocenters. The topological polar surface area (TPSA) is 41.9 Å². The van der Waals surface area contributed by atoms with Gasteiger partial charge in [-0.3, -0.25) is 4.79 Å². The summed E-state index contributed by atoms with van der Waals surface area (Å²) in [5, 5.41) is 0. The summed E-state index contributed by atoms with van der Waals surface area (Å²) < 4.78 is 6.13. The Hall–Kier alpha value is -3.40. The fourth-order valence-electron chi connectivity index (χ4n) is 3.01. The molecule has 3 rings (SSSR count). The molecule has 4 nitrogen and oxygen atoms in total. The Morgan fingerprint density at radius 1 is 0.967 bits per heavy atom. The minimum Gasteiger partial charge on any atom is -0.457 e. The number of carbonyl (C=O) groups excluding carboxylic acids is 1. The van der Waals surface area contributed by atoms with E-state index in [0.29, 0.717) is 0 Å². The molecule has 0 N–H and O–H groups in total. The van der Waals surface area contributed by atoms with Gasteiger partial charge in [0.05, 0.1) is 12.0 Å². The zero-order chi connectivity index (χ0) is 21.7. The highest BCUT2D eigenvalue weighted by atomic mass is 16.5. The molecular weight excluding hydrogens is 372 g/mol. The number of carbonyl (C=O) groups is 1. The van der Waals surface area contributed by atoms with E-state index in [9.17, 15) is 4.79 Å². The largest absolute Gasteiger partial charge is 0.457 e. The molecule has 0 saturated carbocycles. The number of aryl methyl sites for hydroxylation is 2. The second-order valence-corrected chi connectivity index (χ2v) is 7.48. The molecule has 0 aliphatic heterocycles. The summed E-state index contributed by atoms with van der Waals surface area (Å²) in [5.41, 5.74) is 5.92. The second kappa shape index (κ2) is 9.40. The number of hydrogen-bond acceptors (Lipinski definition) is 3. The molecule has 3 aromatic carbocycles. The van der Waals surface area contributed by atoms with E-state index >= 15 is 0 Å². The van der Waals surface area contributed by atoms with E-state index in [1.807, 2.05) is 86.7 Å². The van der Waals surface area contributed by atoms with Crippen LogP contribution in [0.25, 0.3) is 11.1 Å². The number of nitrogens with zero attached hydrogens (tertiary/aromatic N) is 2. The highest BCUT2D eigenvalue weighted by Crippen LogP contribution is 2.32. The maximum Gasteiger partial charge on any atom is 0.159 e. The predicted octanol–water partition coefficient (Wildman–Crippen LogP) is 6.58. The molecule has 0 unspecified atom stereocenters. The van der Waals surface area contributed by atoms with Gasteiger partial charge in [0.2, 0.25) is 0 Å². The van der Waals surface area contributed by atoms with Gasteiger partial charge in [-0.25, -0.2) is 4.99 Å². The van der Waals surface area contributed by atoms with Crippen LogP contribution >= 0.6 is 0 Å². The lowest BCUT2D eigenvalue weighted by Crippen LogP contribution is -2.14. The van der Waals surface area contributed by atoms with Gasteiger partial charge in [0.25, 0.3) is 0 Å². The second-order valence-electron chi connectivity index (χ2n) is 7.48. The lowest BCUT2D eigenvalue weighted by molar-refractivity contribution is 0.101.